The minimum absolute atomic E-state index is 0.0330. The monoisotopic (exact) mass is 296 g/mol. The predicted octanol–water partition coefficient (Wildman–Crippen LogP) is 2.72. The molecule has 0 spiro atoms. The van der Waals surface area contributed by atoms with Crippen molar-refractivity contribution in [3.8, 4) is 11.5 Å². The molecule has 4 heteroatoms. The fourth-order valence-corrected chi connectivity index (χ4v) is 2.51. The predicted molar refractivity (Wildman–Crippen MR) is 83.0 cm³/mol. The number of benzene rings is 2. The summed E-state index contributed by atoms with van der Waals surface area (Å²) >= 11 is 0. The summed E-state index contributed by atoms with van der Waals surface area (Å²) < 4.78 is 5.42. The molecule has 0 unspecified atom stereocenters. The minimum Gasteiger partial charge on any atom is -0.507 e. The maximum Gasteiger partial charge on any atom is 0.189 e. The quantitative estimate of drug-likeness (QED) is 0.672. The molecule has 3 rings (SSSR count). The molecule has 0 saturated heterocycles. The van der Waals surface area contributed by atoms with Crippen molar-refractivity contribution < 1.29 is 19.7 Å². The normalized spacial score (nSPS) is 13.1. The van der Waals surface area contributed by atoms with Crippen LogP contribution in [-0.4, -0.2) is 22.6 Å². The Hall–Kier alpha value is -2.59. The smallest absolute Gasteiger partial charge is 0.189 e. The molecule has 0 fully saturated rings. The van der Waals surface area contributed by atoms with Crippen molar-refractivity contribution in [2.45, 2.75) is 13.0 Å². The molecule has 0 radical (unpaired) electrons. The molecule has 1 aliphatic heterocycles. The average molecular weight is 296 g/mol. The SMILES string of the molecule is O=C(C=Cc1ccccc1CO)c1cc2c(cc1O)CCO2. The fraction of sp³-hybridized carbons (Fsp3) is 0.167. The second-order valence-corrected chi connectivity index (χ2v) is 5.13. The molecule has 0 bridgehead atoms. The zero-order valence-corrected chi connectivity index (χ0v) is 12.0. The number of aromatic hydroxyl groups is 1. The van der Waals surface area contributed by atoms with Crippen LogP contribution in [0.2, 0.25) is 0 Å². The number of fused-ring (bicyclic) bond motifs is 1. The van der Waals surface area contributed by atoms with Crippen molar-refractivity contribution >= 4 is 11.9 Å². The third-order valence-corrected chi connectivity index (χ3v) is 3.71. The lowest BCUT2D eigenvalue weighted by Crippen LogP contribution is -1.97. The van der Waals surface area contributed by atoms with E-state index in [2.05, 4.69) is 0 Å². The zero-order valence-electron chi connectivity index (χ0n) is 12.0. The Morgan fingerprint density at radius 3 is 2.91 bits per heavy atom. The topological polar surface area (TPSA) is 66.8 Å². The summed E-state index contributed by atoms with van der Waals surface area (Å²) in [6.07, 6.45) is 3.78. The van der Waals surface area contributed by atoms with Gasteiger partial charge < -0.3 is 14.9 Å². The van der Waals surface area contributed by atoms with Crippen LogP contribution >= 0.6 is 0 Å². The average Bonchev–Trinajstić information content (AvgIpc) is 2.99. The van der Waals surface area contributed by atoms with E-state index in [1.54, 1.807) is 24.3 Å². The van der Waals surface area contributed by atoms with Gasteiger partial charge in [0.1, 0.15) is 11.5 Å². The van der Waals surface area contributed by atoms with Gasteiger partial charge in [-0.2, -0.15) is 0 Å². The van der Waals surface area contributed by atoms with Crippen LogP contribution in [-0.2, 0) is 13.0 Å². The molecule has 0 amide bonds. The van der Waals surface area contributed by atoms with Gasteiger partial charge in [-0.3, -0.25) is 4.79 Å². The van der Waals surface area contributed by atoms with E-state index < -0.39 is 0 Å². The first-order valence-electron chi connectivity index (χ1n) is 7.09. The van der Waals surface area contributed by atoms with E-state index in [1.807, 2.05) is 18.2 Å². The standard InChI is InChI=1S/C18H16O4/c19-11-14-4-2-1-3-12(14)5-6-16(20)15-10-18-13(7-8-22-18)9-17(15)21/h1-6,9-10,19,21H,7-8,11H2. The summed E-state index contributed by atoms with van der Waals surface area (Å²) in [4.78, 5) is 12.3. The van der Waals surface area contributed by atoms with Crippen LogP contribution in [0, 0.1) is 0 Å². The molecule has 2 aromatic carbocycles. The third-order valence-electron chi connectivity index (χ3n) is 3.71. The Kier molecular flexibility index (Phi) is 3.94. The van der Waals surface area contributed by atoms with E-state index in [1.165, 1.54) is 6.08 Å². The van der Waals surface area contributed by atoms with Gasteiger partial charge in [0.2, 0.25) is 0 Å². The number of allylic oxidation sites excluding steroid dienone is 1. The number of hydrogen-bond donors (Lipinski definition) is 2. The van der Waals surface area contributed by atoms with Gasteiger partial charge >= 0.3 is 0 Å². The first-order valence-corrected chi connectivity index (χ1v) is 7.09. The van der Waals surface area contributed by atoms with Gasteiger partial charge in [-0.25, -0.2) is 0 Å². The Morgan fingerprint density at radius 2 is 2.09 bits per heavy atom. The molecular formula is C18H16O4. The van der Waals surface area contributed by atoms with Crippen LogP contribution in [0.15, 0.2) is 42.5 Å². The van der Waals surface area contributed by atoms with Gasteiger partial charge in [-0.15, -0.1) is 0 Å². The van der Waals surface area contributed by atoms with Crippen LogP contribution in [0.1, 0.15) is 27.0 Å². The maximum absolute atomic E-state index is 12.3. The fourth-order valence-electron chi connectivity index (χ4n) is 2.51. The highest BCUT2D eigenvalue weighted by atomic mass is 16.5. The summed E-state index contributed by atoms with van der Waals surface area (Å²) in [7, 11) is 0. The van der Waals surface area contributed by atoms with Crippen LogP contribution in [0.5, 0.6) is 11.5 Å². The lowest BCUT2D eigenvalue weighted by Gasteiger charge is -2.05. The Bertz CT molecular complexity index is 747. The Balaban J connectivity index is 1.87. The first kappa shape index (κ1) is 14.4. The van der Waals surface area contributed by atoms with Gasteiger partial charge in [-0.05, 0) is 29.3 Å². The third kappa shape index (κ3) is 2.73. The summed E-state index contributed by atoms with van der Waals surface area (Å²) in [6.45, 7) is 0.485. The molecule has 0 atom stereocenters. The number of rotatable bonds is 4. The van der Waals surface area contributed by atoms with Gasteiger partial charge in [0, 0.05) is 12.0 Å². The largest absolute Gasteiger partial charge is 0.507 e. The molecule has 0 aromatic heterocycles. The lowest BCUT2D eigenvalue weighted by atomic mass is 10.0. The molecule has 0 saturated carbocycles. The van der Waals surface area contributed by atoms with E-state index >= 15 is 0 Å². The lowest BCUT2D eigenvalue weighted by molar-refractivity contribution is 0.104. The van der Waals surface area contributed by atoms with Crippen molar-refractivity contribution in [3.05, 3.63) is 64.7 Å². The van der Waals surface area contributed by atoms with E-state index in [4.69, 9.17) is 4.74 Å². The van der Waals surface area contributed by atoms with Crippen LogP contribution in [0.4, 0.5) is 0 Å². The number of hydrogen-bond acceptors (Lipinski definition) is 4. The number of aliphatic hydroxyl groups excluding tert-OH is 1. The number of carbonyl (C=O) groups is 1. The molecule has 2 N–H and O–H groups in total. The van der Waals surface area contributed by atoms with Gasteiger partial charge in [0.25, 0.3) is 0 Å². The number of ether oxygens (including phenoxy) is 1. The molecule has 1 heterocycles. The van der Waals surface area contributed by atoms with Crippen LogP contribution in [0.3, 0.4) is 0 Å². The van der Waals surface area contributed by atoms with Crippen molar-refractivity contribution in [2.75, 3.05) is 6.61 Å². The van der Waals surface area contributed by atoms with Gasteiger partial charge in [0.05, 0.1) is 18.8 Å². The van der Waals surface area contributed by atoms with Gasteiger partial charge in [-0.1, -0.05) is 30.3 Å². The van der Waals surface area contributed by atoms with Crippen molar-refractivity contribution in [3.63, 3.8) is 0 Å². The molecular weight excluding hydrogens is 280 g/mol. The van der Waals surface area contributed by atoms with E-state index in [0.717, 1.165) is 23.1 Å². The molecule has 4 nitrogen and oxygen atoms in total. The molecule has 112 valence electrons. The number of aliphatic hydroxyl groups is 1. The molecule has 2 aromatic rings. The molecule has 0 aliphatic carbocycles. The van der Waals surface area contributed by atoms with Gasteiger partial charge in [0.15, 0.2) is 5.78 Å². The first-order chi connectivity index (χ1) is 10.7. The number of phenolic OH excluding ortho intramolecular Hbond substituents is 1. The zero-order chi connectivity index (χ0) is 15.5. The van der Waals surface area contributed by atoms with Crippen molar-refractivity contribution in [2.24, 2.45) is 0 Å². The van der Waals surface area contributed by atoms with E-state index in [0.29, 0.717) is 12.4 Å². The highest BCUT2D eigenvalue weighted by Crippen LogP contribution is 2.32. The highest BCUT2D eigenvalue weighted by molar-refractivity contribution is 6.09. The summed E-state index contributed by atoms with van der Waals surface area (Å²) in [5, 5.41) is 19.3. The van der Waals surface area contributed by atoms with Crippen molar-refractivity contribution in [1.82, 2.24) is 0 Å². The van der Waals surface area contributed by atoms with E-state index in [-0.39, 0.29) is 23.7 Å². The second kappa shape index (κ2) is 6.03. The summed E-state index contributed by atoms with van der Waals surface area (Å²) in [5.41, 5.74) is 2.66. The number of phenols is 1. The Morgan fingerprint density at radius 1 is 1.27 bits per heavy atom. The number of ketones is 1. The second-order valence-electron chi connectivity index (χ2n) is 5.13. The van der Waals surface area contributed by atoms with Crippen molar-refractivity contribution in [1.29, 1.82) is 0 Å². The maximum atomic E-state index is 12.3. The van der Waals surface area contributed by atoms with Crippen LogP contribution < -0.4 is 4.74 Å². The summed E-state index contributed by atoms with van der Waals surface area (Å²) in [6, 6.07) is 10.5. The Labute approximate surface area is 128 Å². The molecule has 22 heavy (non-hydrogen) atoms. The number of carbonyl (C=O) groups excluding carboxylic acids is 1. The van der Waals surface area contributed by atoms with Crippen LogP contribution in [0.25, 0.3) is 6.08 Å². The minimum atomic E-state index is -0.302. The highest BCUT2D eigenvalue weighted by Gasteiger charge is 2.18. The van der Waals surface area contributed by atoms with E-state index in [9.17, 15) is 15.0 Å². The summed E-state index contributed by atoms with van der Waals surface area (Å²) in [5.74, 6) is 0.322. The molecule has 1 aliphatic rings.